The van der Waals surface area contributed by atoms with Crippen molar-refractivity contribution < 1.29 is 0 Å². The number of aryl methyl sites for hydroxylation is 2. The second kappa shape index (κ2) is 4.61. The summed E-state index contributed by atoms with van der Waals surface area (Å²) in [6, 6.07) is 13.2. The minimum atomic E-state index is -0.106. The molecule has 5 heteroatoms. The van der Waals surface area contributed by atoms with Gasteiger partial charge >= 0.3 is 5.69 Å². The molecule has 0 radical (unpaired) electrons. The Kier molecular flexibility index (Phi) is 2.79. The van der Waals surface area contributed by atoms with Gasteiger partial charge in [0.1, 0.15) is 0 Å². The number of nitrogens with zero attached hydrogens (tertiary/aromatic N) is 3. The van der Waals surface area contributed by atoms with Gasteiger partial charge in [0.05, 0.1) is 6.54 Å². The molecular weight excluding hydrogens is 240 g/mol. The van der Waals surface area contributed by atoms with Crippen LogP contribution >= 0.6 is 0 Å². The van der Waals surface area contributed by atoms with Crippen molar-refractivity contribution in [3.63, 3.8) is 0 Å². The lowest BCUT2D eigenvalue weighted by Gasteiger charge is -2.01. The number of rotatable bonds is 3. The standard InChI is InChI=1S/C14H14N4O/c15-12-6-4-11(5-7-12)8-10-18-14(19)17-9-2-1-3-13(17)16-18/h1-7,9H,8,10,15H2. The van der Waals surface area contributed by atoms with Crippen LogP contribution in [0.2, 0.25) is 0 Å². The molecule has 1 aromatic carbocycles. The number of benzene rings is 1. The molecule has 0 aliphatic rings. The van der Waals surface area contributed by atoms with Crippen molar-refractivity contribution in [3.05, 3.63) is 64.7 Å². The van der Waals surface area contributed by atoms with Crippen LogP contribution < -0.4 is 11.4 Å². The van der Waals surface area contributed by atoms with Crippen molar-refractivity contribution in [2.45, 2.75) is 13.0 Å². The zero-order valence-electron chi connectivity index (χ0n) is 10.4. The summed E-state index contributed by atoms with van der Waals surface area (Å²) in [5.74, 6) is 0. The second-order valence-electron chi connectivity index (χ2n) is 4.43. The topological polar surface area (TPSA) is 65.3 Å². The molecule has 0 saturated heterocycles. The van der Waals surface area contributed by atoms with Crippen LogP contribution in [-0.2, 0) is 13.0 Å². The zero-order valence-corrected chi connectivity index (χ0v) is 10.4. The van der Waals surface area contributed by atoms with Gasteiger partial charge in [-0.3, -0.25) is 4.40 Å². The predicted molar refractivity (Wildman–Crippen MR) is 74.0 cm³/mol. The normalized spacial score (nSPS) is 10.9. The summed E-state index contributed by atoms with van der Waals surface area (Å²) in [5.41, 5.74) is 8.09. The number of aromatic nitrogens is 3. The van der Waals surface area contributed by atoms with Crippen molar-refractivity contribution in [2.75, 3.05) is 5.73 Å². The largest absolute Gasteiger partial charge is 0.399 e. The van der Waals surface area contributed by atoms with Crippen molar-refractivity contribution >= 4 is 11.3 Å². The van der Waals surface area contributed by atoms with Crippen molar-refractivity contribution in [3.8, 4) is 0 Å². The Labute approximate surface area is 109 Å². The van der Waals surface area contributed by atoms with E-state index in [0.717, 1.165) is 17.7 Å². The highest BCUT2D eigenvalue weighted by Crippen LogP contribution is 2.06. The molecule has 2 aromatic heterocycles. The fourth-order valence-electron chi connectivity index (χ4n) is 2.03. The molecule has 0 aliphatic carbocycles. The molecule has 3 aromatic rings. The van der Waals surface area contributed by atoms with Gasteiger partial charge in [-0.05, 0) is 36.2 Å². The monoisotopic (exact) mass is 254 g/mol. The molecular formula is C14H14N4O. The van der Waals surface area contributed by atoms with E-state index in [2.05, 4.69) is 5.10 Å². The highest BCUT2D eigenvalue weighted by Gasteiger charge is 2.05. The first kappa shape index (κ1) is 11.5. The van der Waals surface area contributed by atoms with Gasteiger partial charge < -0.3 is 5.73 Å². The van der Waals surface area contributed by atoms with Crippen LogP contribution in [0.5, 0.6) is 0 Å². The van der Waals surface area contributed by atoms with Gasteiger partial charge in [-0.1, -0.05) is 18.2 Å². The highest BCUT2D eigenvalue weighted by molar-refractivity contribution is 5.39. The molecule has 0 amide bonds. The summed E-state index contributed by atoms with van der Waals surface area (Å²) in [7, 11) is 0. The first-order valence-corrected chi connectivity index (χ1v) is 6.13. The molecule has 0 atom stereocenters. The number of nitrogen functional groups attached to an aromatic ring is 1. The van der Waals surface area contributed by atoms with Crippen LogP contribution in [0.25, 0.3) is 5.65 Å². The van der Waals surface area contributed by atoms with E-state index in [9.17, 15) is 4.79 Å². The van der Waals surface area contributed by atoms with E-state index in [4.69, 9.17) is 5.73 Å². The summed E-state index contributed by atoms with van der Waals surface area (Å²) < 4.78 is 3.04. The van der Waals surface area contributed by atoms with Gasteiger partial charge in [-0.15, -0.1) is 5.10 Å². The molecule has 0 spiro atoms. The third kappa shape index (κ3) is 2.22. The van der Waals surface area contributed by atoms with Crippen LogP contribution in [0, 0.1) is 0 Å². The van der Waals surface area contributed by atoms with Gasteiger partial charge in [0.2, 0.25) is 0 Å². The lowest BCUT2D eigenvalue weighted by Crippen LogP contribution is -2.21. The molecule has 2 N–H and O–H groups in total. The molecule has 0 bridgehead atoms. The van der Waals surface area contributed by atoms with Crippen molar-refractivity contribution in [1.82, 2.24) is 14.2 Å². The maximum absolute atomic E-state index is 12.0. The Hall–Kier alpha value is -2.56. The summed E-state index contributed by atoms with van der Waals surface area (Å²) in [6.45, 7) is 0.560. The Morgan fingerprint density at radius 1 is 1.11 bits per heavy atom. The molecule has 5 nitrogen and oxygen atoms in total. The lowest BCUT2D eigenvalue weighted by atomic mass is 10.1. The van der Waals surface area contributed by atoms with Gasteiger partial charge in [0, 0.05) is 11.9 Å². The fourth-order valence-corrected chi connectivity index (χ4v) is 2.03. The maximum atomic E-state index is 12.0. The lowest BCUT2D eigenvalue weighted by molar-refractivity contribution is 0.593. The molecule has 0 saturated carbocycles. The Bertz CT molecular complexity index is 755. The van der Waals surface area contributed by atoms with Crippen LogP contribution in [0.1, 0.15) is 5.56 Å². The molecule has 2 heterocycles. The van der Waals surface area contributed by atoms with Crippen LogP contribution in [0.4, 0.5) is 5.69 Å². The zero-order chi connectivity index (χ0) is 13.2. The molecule has 0 fully saturated rings. The third-order valence-electron chi connectivity index (χ3n) is 3.08. The second-order valence-corrected chi connectivity index (χ2v) is 4.43. The van der Waals surface area contributed by atoms with E-state index in [1.54, 1.807) is 10.6 Å². The van der Waals surface area contributed by atoms with Crippen LogP contribution in [-0.4, -0.2) is 14.2 Å². The smallest absolute Gasteiger partial charge is 0.350 e. The SMILES string of the molecule is Nc1ccc(CCn2nc3ccccn3c2=O)cc1. The molecule has 0 unspecified atom stereocenters. The van der Waals surface area contributed by atoms with Gasteiger partial charge in [0.15, 0.2) is 5.65 Å². The Morgan fingerprint density at radius 3 is 2.63 bits per heavy atom. The van der Waals surface area contributed by atoms with Gasteiger partial charge in [-0.2, -0.15) is 0 Å². The van der Waals surface area contributed by atoms with Gasteiger partial charge in [-0.25, -0.2) is 9.48 Å². The summed E-state index contributed by atoms with van der Waals surface area (Å²) >= 11 is 0. The summed E-state index contributed by atoms with van der Waals surface area (Å²) in [4.78, 5) is 12.0. The van der Waals surface area contributed by atoms with Crippen LogP contribution in [0.15, 0.2) is 53.5 Å². The minimum Gasteiger partial charge on any atom is -0.399 e. The maximum Gasteiger partial charge on any atom is 0.350 e. The Morgan fingerprint density at radius 2 is 1.89 bits per heavy atom. The number of hydrogen-bond acceptors (Lipinski definition) is 3. The number of hydrogen-bond donors (Lipinski definition) is 1. The predicted octanol–water partition coefficient (Wildman–Crippen LogP) is 1.32. The number of fused-ring (bicyclic) bond motifs is 1. The number of pyridine rings is 1. The Balaban J connectivity index is 1.84. The average Bonchev–Trinajstić information content (AvgIpc) is 2.76. The van der Waals surface area contributed by atoms with E-state index in [1.807, 2.05) is 42.5 Å². The number of anilines is 1. The first-order valence-electron chi connectivity index (χ1n) is 6.13. The summed E-state index contributed by atoms with van der Waals surface area (Å²) in [5, 5.41) is 4.29. The summed E-state index contributed by atoms with van der Waals surface area (Å²) in [6.07, 6.45) is 2.48. The quantitative estimate of drug-likeness (QED) is 0.717. The van der Waals surface area contributed by atoms with E-state index < -0.39 is 0 Å². The van der Waals surface area contributed by atoms with Crippen molar-refractivity contribution in [2.24, 2.45) is 0 Å². The molecule has 0 aliphatic heterocycles. The van der Waals surface area contributed by atoms with E-state index in [1.165, 1.54) is 4.68 Å². The minimum absolute atomic E-state index is 0.106. The van der Waals surface area contributed by atoms with E-state index >= 15 is 0 Å². The third-order valence-corrected chi connectivity index (χ3v) is 3.08. The van der Waals surface area contributed by atoms with Crippen molar-refractivity contribution in [1.29, 1.82) is 0 Å². The first-order chi connectivity index (χ1) is 9.24. The number of nitrogens with two attached hydrogens (primary N) is 1. The highest BCUT2D eigenvalue weighted by atomic mass is 16.2. The molecule has 3 rings (SSSR count). The van der Waals surface area contributed by atoms with E-state index in [0.29, 0.717) is 12.2 Å². The average molecular weight is 254 g/mol. The van der Waals surface area contributed by atoms with Crippen LogP contribution in [0.3, 0.4) is 0 Å². The van der Waals surface area contributed by atoms with E-state index in [-0.39, 0.29) is 5.69 Å². The molecule has 96 valence electrons. The molecule has 19 heavy (non-hydrogen) atoms. The fraction of sp³-hybridized carbons (Fsp3) is 0.143. The van der Waals surface area contributed by atoms with Gasteiger partial charge in [0.25, 0.3) is 0 Å².